The molecule has 0 aromatic rings. The van der Waals surface area contributed by atoms with Crippen LogP contribution in [0.15, 0.2) is 0 Å². The van der Waals surface area contributed by atoms with Gasteiger partial charge in [-0.2, -0.15) is 0 Å². The van der Waals surface area contributed by atoms with Gasteiger partial charge in [0.2, 0.25) is 0 Å². The minimum atomic E-state index is -0.336. The Morgan fingerprint density at radius 3 is 2.50 bits per heavy atom. The molecule has 0 aliphatic carbocycles. The Hall–Kier alpha value is -0.120. The van der Waals surface area contributed by atoms with Gasteiger partial charge in [0.15, 0.2) is 5.79 Å². The SMILES string of the molecule is CNCCC(C)C1(C)OCCO1. The van der Waals surface area contributed by atoms with Gasteiger partial charge in [0.1, 0.15) is 0 Å². The molecule has 1 fully saturated rings. The van der Waals surface area contributed by atoms with Gasteiger partial charge < -0.3 is 14.8 Å². The molecule has 1 aliphatic rings. The summed E-state index contributed by atoms with van der Waals surface area (Å²) in [5.41, 5.74) is 0. The van der Waals surface area contributed by atoms with Crippen LogP contribution in [0.5, 0.6) is 0 Å². The molecule has 1 N–H and O–H groups in total. The maximum Gasteiger partial charge on any atom is 0.168 e. The highest BCUT2D eigenvalue weighted by Crippen LogP contribution is 2.29. The lowest BCUT2D eigenvalue weighted by molar-refractivity contribution is -0.178. The van der Waals surface area contributed by atoms with E-state index in [1.165, 1.54) is 0 Å². The average Bonchev–Trinajstić information content (AvgIpc) is 2.49. The van der Waals surface area contributed by atoms with Crippen LogP contribution in [-0.2, 0) is 9.47 Å². The van der Waals surface area contributed by atoms with Crippen molar-refractivity contribution in [1.29, 1.82) is 0 Å². The van der Waals surface area contributed by atoms with Crippen LogP contribution in [0.1, 0.15) is 20.3 Å². The number of ether oxygens (including phenoxy) is 2. The molecule has 0 amide bonds. The van der Waals surface area contributed by atoms with Gasteiger partial charge in [-0.25, -0.2) is 0 Å². The standard InChI is InChI=1S/C9H19NO2/c1-8(4-5-10-3)9(2)11-6-7-12-9/h8,10H,4-7H2,1-3H3. The van der Waals surface area contributed by atoms with Crippen LogP contribution in [-0.4, -0.2) is 32.6 Å². The van der Waals surface area contributed by atoms with Crippen LogP contribution in [0.4, 0.5) is 0 Å². The first-order valence-corrected chi connectivity index (χ1v) is 4.61. The smallest absolute Gasteiger partial charge is 0.168 e. The third-order valence-corrected chi connectivity index (χ3v) is 2.58. The highest BCUT2D eigenvalue weighted by atomic mass is 16.7. The monoisotopic (exact) mass is 173 g/mol. The summed E-state index contributed by atoms with van der Waals surface area (Å²) >= 11 is 0. The van der Waals surface area contributed by atoms with Crippen molar-refractivity contribution in [2.45, 2.75) is 26.1 Å². The molecule has 0 aromatic heterocycles. The van der Waals surface area contributed by atoms with Crippen molar-refractivity contribution in [3.63, 3.8) is 0 Å². The molecule has 3 nitrogen and oxygen atoms in total. The zero-order chi connectivity index (χ0) is 9.03. The first-order valence-electron chi connectivity index (χ1n) is 4.61. The van der Waals surface area contributed by atoms with Crippen LogP contribution in [0.25, 0.3) is 0 Å². The van der Waals surface area contributed by atoms with Crippen molar-refractivity contribution >= 4 is 0 Å². The molecule has 3 heteroatoms. The predicted molar refractivity (Wildman–Crippen MR) is 48.0 cm³/mol. The van der Waals surface area contributed by atoms with Gasteiger partial charge in [-0.1, -0.05) is 6.92 Å². The Bertz CT molecular complexity index is 132. The van der Waals surface area contributed by atoms with Gasteiger partial charge in [0.05, 0.1) is 13.2 Å². The molecule has 0 saturated carbocycles. The maximum absolute atomic E-state index is 5.55. The van der Waals surface area contributed by atoms with Gasteiger partial charge in [0.25, 0.3) is 0 Å². The zero-order valence-corrected chi connectivity index (χ0v) is 8.22. The Morgan fingerprint density at radius 1 is 1.42 bits per heavy atom. The second-order valence-electron chi connectivity index (χ2n) is 3.51. The summed E-state index contributed by atoms with van der Waals surface area (Å²) in [6.45, 7) is 6.69. The van der Waals surface area contributed by atoms with Crippen molar-refractivity contribution in [2.75, 3.05) is 26.8 Å². The van der Waals surface area contributed by atoms with E-state index in [9.17, 15) is 0 Å². The Labute approximate surface area is 74.4 Å². The van der Waals surface area contributed by atoms with E-state index in [1.807, 2.05) is 14.0 Å². The minimum absolute atomic E-state index is 0.336. The van der Waals surface area contributed by atoms with E-state index >= 15 is 0 Å². The summed E-state index contributed by atoms with van der Waals surface area (Å²) in [5, 5.41) is 3.13. The summed E-state index contributed by atoms with van der Waals surface area (Å²) < 4.78 is 11.1. The molecule has 1 atom stereocenters. The highest BCUT2D eigenvalue weighted by Gasteiger charge is 2.36. The lowest BCUT2D eigenvalue weighted by Gasteiger charge is -2.29. The molecule has 0 aromatic carbocycles. The van der Waals surface area contributed by atoms with Crippen LogP contribution in [0, 0.1) is 5.92 Å². The van der Waals surface area contributed by atoms with Crippen molar-refractivity contribution in [1.82, 2.24) is 5.32 Å². The van der Waals surface area contributed by atoms with E-state index in [-0.39, 0.29) is 5.79 Å². The van der Waals surface area contributed by atoms with Crippen molar-refractivity contribution < 1.29 is 9.47 Å². The van der Waals surface area contributed by atoms with Crippen LogP contribution < -0.4 is 5.32 Å². The van der Waals surface area contributed by atoms with Gasteiger partial charge in [-0.15, -0.1) is 0 Å². The first kappa shape index (κ1) is 9.96. The molecular formula is C9H19NO2. The molecule has 0 spiro atoms. The molecule has 1 saturated heterocycles. The molecule has 0 radical (unpaired) electrons. The van der Waals surface area contributed by atoms with E-state index in [4.69, 9.17) is 9.47 Å². The van der Waals surface area contributed by atoms with Crippen molar-refractivity contribution in [3.8, 4) is 0 Å². The first-order chi connectivity index (χ1) is 5.69. The summed E-state index contributed by atoms with van der Waals surface area (Å²) in [7, 11) is 1.96. The molecule has 1 unspecified atom stereocenters. The maximum atomic E-state index is 5.55. The normalized spacial score (nSPS) is 24.2. The molecule has 1 aliphatic heterocycles. The largest absolute Gasteiger partial charge is 0.348 e. The van der Waals surface area contributed by atoms with Crippen LogP contribution in [0.2, 0.25) is 0 Å². The number of nitrogens with one attached hydrogen (secondary N) is 1. The third kappa shape index (κ3) is 2.19. The lowest BCUT2D eigenvalue weighted by atomic mass is 9.98. The molecule has 0 bridgehead atoms. The van der Waals surface area contributed by atoms with Gasteiger partial charge in [-0.05, 0) is 26.9 Å². The molecule has 1 rings (SSSR count). The molecule has 1 heterocycles. The Morgan fingerprint density at radius 2 is 2.00 bits per heavy atom. The second-order valence-corrected chi connectivity index (χ2v) is 3.51. The van der Waals surface area contributed by atoms with E-state index in [0.29, 0.717) is 5.92 Å². The zero-order valence-electron chi connectivity index (χ0n) is 8.22. The fourth-order valence-electron chi connectivity index (χ4n) is 1.44. The van der Waals surface area contributed by atoms with Crippen LogP contribution in [0.3, 0.4) is 0 Å². The van der Waals surface area contributed by atoms with E-state index in [1.54, 1.807) is 0 Å². The van der Waals surface area contributed by atoms with Crippen molar-refractivity contribution in [2.24, 2.45) is 5.92 Å². The fraction of sp³-hybridized carbons (Fsp3) is 1.00. The Balaban J connectivity index is 2.33. The second kappa shape index (κ2) is 4.21. The third-order valence-electron chi connectivity index (χ3n) is 2.58. The fourth-order valence-corrected chi connectivity index (χ4v) is 1.44. The minimum Gasteiger partial charge on any atom is -0.348 e. The van der Waals surface area contributed by atoms with Gasteiger partial charge in [0, 0.05) is 5.92 Å². The van der Waals surface area contributed by atoms with Gasteiger partial charge in [-0.3, -0.25) is 0 Å². The molecule has 12 heavy (non-hydrogen) atoms. The quantitative estimate of drug-likeness (QED) is 0.688. The summed E-state index contributed by atoms with van der Waals surface area (Å²) in [6, 6.07) is 0. The van der Waals surface area contributed by atoms with Crippen molar-refractivity contribution in [3.05, 3.63) is 0 Å². The highest BCUT2D eigenvalue weighted by molar-refractivity contribution is 4.75. The molecular weight excluding hydrogens is 154 g/mol. The summed E-state index contributed by atoms with van der Waals surface area (Å²) in [4.78, 5) is 0. The van der Waals surface area contributed by atoms with E-state index < -0.39 is 0 Å². The topological polar surface area (TPSA) is 30.5 Å². The number of hydrogen-bond acceptors (Lipinski definition) is 3. The lowest BCUT2D eigenvalue weighted by Crippen LogP contribution is -2.35. The summed E-state index contributed by atoms with van der Waals surface area (Å²) in [6.07, 6.45) is 1.09. The van der Waals surface area contributed by atoms with Crippen LogP contribution >= 0.6 is 0 Å². The van der Waals surface area contributed by atoms with Gasteiger partial charge >= 0.3 is 0 Å². The van der Waals surface area contributed by atoms with E-state index in [2.05, 4.69) is 12.2 Å². The average molecular weight is 173 g/mol. The van der Waals surface area contributed by atoms with E-state index in [0.717, 1.165) is 26.2 Å². The number of hydrogen-bond donors (Lipinski definition) is 1. The molecule has 72 valence electrons. The predicted octanol–water partition coefficient (Wildman–Crippen LogP) is 0.995. The Kier molecular flexibility index (Phi) is 3.50. The number of rotatable bonds is 4. The summed E-state index contributed by atoms with van der Waals surface area (Å²) in [5.74, 6) is 0.115.